The molecule has 0 saturated carbocycles. The summed E-state index contributed by atoms with van der Waals surface area (Å²) < 4.78 is 37.0. The van der Waals surface area contributed by atoms with Crippen molar-refractivity contribution < 1.29 is 52.1 Å². The number of aliphatic carboxylic acids is 1. The van der Waals surface area contributed by atoms with E-state index in [9.17, 15) is 37.5 Å². The number of benzene rings is 2. The Morgan fingerprint density at radius 1 is 0.868 bits per heavy atom. The van der Waals surface area contributed by atoms with Gasteiger partial charge in [-0.15, -0.1) is 0 Å². The van der Waals surface area contributed by atoms with Crippen LogP contribution in [0.25, 0.3) is 0 Å². The van der Waals surface area contributed by atoms with E-state index < -0.39 is 54.3 Å². The fourth-order valence-corrected chi connectivity index (χ4v) is 4.58. The number of nitrogens with one attached hydrogen (secondary N) is 4. The molecule has 0 bridgehead atoms. The number of carbonyl (C=O) groups is 5. The van der Waals surface area contributed by atoms with Crippen LogP contribution >= 0.6 is 0 Å². The Morgan fingerprint density at radius 2 is 1.43 bits per heavy atom. The van der Waals surface area contributed by atoms with Crippen LogP contribution in [0.5, 0.6) is 0 Å². The van der Waals surface area contributed by atoms with Gasteiger partial charge in [0.25, 0.3) is 0 Å². The van der Waals surface area contributed by atoms with E-state index in [1.807, 2.05) is 62.4 Å². The van der Waals surface area contributed by atoms with Crippen LogP contribution in [-0.4, -0.2) is 89.5 Å². The summed E-state index contributed by atoms with van der Waals surface area (Å²) in [5, 5.41) is 28.8. The molecule has 4 amide bonds. The van der Waals surface area contributed by atoms with Crippen LogP contribution in [-0.2, 0) is 36.9 Å². The highest BCUT2D eigenvalue weighted by Gasteiger charge is 2.38. The van der Waals surface area contributed by atoms with E-state index in [0.717, 1.165) is 11.1 Å². The molecule has 0 unspecified atom stereocenters. The van der Waals surface area contributed by atoms with Crippen molar-refractivity contribution in [3.8, 4) is 0 Å². The Morgan fingerprint density at radius 3 is 1.96 bits per heavy atom. The number of nitrogens with two attached hydrogens (primary N) is 2. The lowest BCUT2D eigenvalue weighted by molar-refractivity contribution is -0.192. The van der Waals surface area contributed by atoms with Crippen molar-refractivity contribution in [3.05, 3.63) is 71.8 Å². The van der Waals surface area contributed by atoms with E-state index in [1.165, 1.54) is 6.92 Å². The first-order valence-corrected chi connectivity index (χ1v) is 16.8. The van der Waals surface area contributed by atoms with Gasteiger partial charge >= 0.3 is 18.2 Å². The van der Waals surface area contributed by atoms with Gasteiger partial charge in [0.15, 0.2) is 5.96 Å². The van der Waals surface area contributed by atoms with Gasteiger partial charge in [0.2, 0.25) is 17.7 Å². The van der Waals surface area contributed by atoms with Crippen molar-refractivity contribution in [2.75, 3.05) is 13.1 Å². The molecular formula is C35H50F3N7O8. The minimum Gasteiger partial charge on any atom is -0.475 e. The van der Waals surface area contributed by atoms with E-state index in [0.29, 0.717) is 25.8 Å². The molecule has 0 radical (unpaired) electrons. The lowest BCUT2D eigenvalue weighted by Crippen LogP contribution is -2.55. The second-order valence-electron chi connectivity index (χ2n) is 12.3. The standard InChI is InChI=1S/C33H49N7O6.C2HF3O2/c1-22(2)19-27(28(41)20-29(42)36-18-16-24-11-6-4-7-12-24)39-30(43)23(3)38-31(44)26(15-10-17-37-32(34)35)40-33(45)46-21-25-13-8-5-9-14-25;3-2(4,5)1(6)7/h4-9,11-14,22-23,26-28,41H,10,15-21H2,1-3H3,(H,36,42)(H,38,44)(H,39,43)(H,40,45)(H4,34,35,37);(H,6,7)/t23-,26-,27-,28-;/m0./s1. The summed E-state index contributed by atoms with van der Waals surface area (Å²) in [5.41, 5.74) is 12.6. The maximum atomic E-state index is 13.2. The van der Waals surface area contributed by atoms with Gasteiger partial charge in [-0.2, -0.15) is 13.2 Å². The molecule has 294 valence electrons. The molecule has 2 aromatic carbocycles. The van der Waals surface area contributed by atoms with Crippen molar-refractivity contribution in [1.29, 1.82) is 0 Å². The Bertz CT molecular complexity index is 1460. The molecule has 0 aliphatic heterocycles. The molecule has 18 heteroatoms. The molecule has 4 atom stereocenters. The average molecular weight is 754 g/mol. The SMILES string of the molecule is CC(C)C[C@H](NC(=O)[C@H](C)NC(=O)[C@H](CCCN=C(N)N)NC(=O)OCc1ccccc1)[C@@H](O)CC(=O)NCCc1ccccc1.O=C(O)C(F)(F)F. The Balaban J connectivity index is 0.00000181. The maximum absolute atomic E-state index is 13.2. The quantitative estimate of drug-likeness (QED) is 0.0590. The lowest BCUT2D eigenvalue weighted by Gasteiger charge is -2.27. The number of alkyl halides is 3. The molecule has 0 heterocycles. The fraction of sp³-hybridized carbons (Fsp3) is 0.486. The number of halogens is 3. The van der Waals surface area contributed by atoms with Crippen LogP contribution in [0.1, 0.15) is 57.6 Å². The normalized spacial score (nSPS) is 13.1. The van der Waals surface area contributed by atoms with Crippen LogP contribution in [0.4, 0.5) is 18.0 Å². The summed E-state index contributed by atoms with van der Waals surface area (Å²) in [5.74, 6) is -4.23. The van der Waals surface area contributed by atoms with E-state index >= 15 is 0 Å². The number of hydrogen-bond acceptors (Lipinski definition) is 8. The van der Waals surface area contributed by atoms with Gasteiger partial charge < -0.3 is 47.7 Å². The molecule has 0 aliphatic carbocycles. The molecule has 0 aliphatic rings. The minimum absolute atomic E-state index is 0.0123. The van der Waals surface area contributed by atoms with Gasteiger partial charge in [-0.05, 0) is 49.7 Å². The van der Waals surface area contributed by atoms with E-state index in [1.54, 1.807) is 12.1 Å². The van der Waals surface area contributed by atoms with Gasteiger partial charge in [0.05, 0.1) is 18.6 Å². The summed E-state index contributed by atoms with van der Waals surface area (Å²) in [6.45, 7) is 6.03. The van der Waals surface area contributed by atoms with Crippen LogP contribution in [0, 0.1) is 5.92 Å². The van der Waals surface area contributed by atoms with Gasteiger partial charge in [-0.3, -0.25) is 19.4 Å². The van der Waals surface area contributed by atoms with Crippen molar-refractivity contribution in [2.45, 2.75) is 89.9 Å². The number of aliphatic hydroxyl groups is 1. The van der Waals surface area contributed by atoms with Gasteiger partial charge in [0.1, 0.15) is 18.7 Å². The molecule has 0 saturated heterocycles. The molecule has 15 nitrogen and oxygen atoms in total. The maximum Gasteiger partial charge on any atom is 0.490 e. The van der Waals surface area contributed by atoms with Crippen molar-refractivity contribution >= 4 is 35.7 Å². The van der Waals surface area contributed by atoms with E-state index in [4.69, 9.17) is 26.1 Å². The number of rotatable bonds is 19. The van der Waals surface area contributed by atoms with Gasteiger partial charge in [0, 0.05) is 13.1 Å². The second kappa shape index (κ2) is 24.0. The summed E-state index contributed by atoms with van der Waals surface area (Å²) in [4.78, 5) is 64.2. The first kappa shape index (κ1) is 45.6. The predicted molar refractivity (Wildman–Crippen MR) is 190 cm³/mol. The Labute approximate surface area is 306 Å². The number of carboxylic acid groups (broad SMARTS) is 1. The topological polar surface area (TPSA) is 248 Å². The second-order valence-corrected chi connectivity index (χ2v) is 12.3. The zero-order valence-electron chi connectivity index (χ0n) is 29.9. The number of alkyl carbamates (subject to hydrolysis) is 1. The highest BCUT2D eigenvalue weighted by Crippen LogP contribution is 2.13. The Kier molecular flexibility index (Phi) is 20.6. The van der Waals surface area contributed by atoms with Crippen molar-refractivity contribution in [1.82, 2.24) is 21.3 Å². The van der Waals surface area contributed by atoms with E-state index in [-0.39, 0.29) is 43.8 Å². The number of hydrogen-bond donors (Lipinski definition) is 8. The average Bonchev–Trinajstić information content (AvgIpc) is 3.08. The summed E-state index contributed by atoms with van der Waals surface area (Å²) in [6.07, 6.45) is -5.62. The number of carbonyl (C=O) groups excluding carboxylic acids is 4. The Hall–Kier alpha value is -5.39. The molecular weight excluding hydrogens is 703 g/mol. The highest BCUT2D eigenvalue weighted by atomic mass is 19.4. The molecule has 0 fully saturated rings. The number of guanidine groups is 1. The third-order valence-electron chi connectivity index (χ3n) is 7.25. The molecule has 2 aromatic rings. The zero-order valence-corrected chi connectivity index (χ0v) is 29.9. The largest absolute Gasteiger partial charge is 0.490 e. The smallest absolute Gasteiger partial charge is 0.475 e. The number of nitrogens with zero attached hydrogens (tertiary/aromatic N) is 1. The number of ether oxygens (including phenoxy) is 1. The van der Waals surface area contributed by atoms with Crippen LogP contribution in [0.3, 0.4) is 0 Å². The number of aliphatic imine (C=N–C) groups is 1. The predicted octanol–water partition coefficient (Wildman–Crippen LogP) is 2.11. The first-order valence-electron chi connectivity index (χ1n) is 16.8. The lowest BCUT2D eigenvalue weighted by atomic mass is 9.96. The van der Waals surface area contributed by atoms with Gasteiger partial charge in [-0.1, -0.05) is 74.5 Å². The highest BCUT2D eigenvalue weighted by molar-refractivity contribution is 5.91. The third-order valence-corrected chi connectivity index (χ3v) is 7.25. The molecule has 10 N–H and O–H groups in total. The summed E-state index contributed by atoms with van der Waals surface area (Å²) in [7, 11) is 0. The van der Waals surface area contributed by atoms with Crippen LogP contribution in [0.15, 0.2) is 65.7 Å². The first-order chi connectivity index (χ1) is 24.9. The van der Waals surface area contributed by atoms with E-state index in [2.05, 4.69) is 26.3 Å². The summed E-state index contributed by atoms with van der Waals surface area (Å²) in [6, 6.07) is 16.0. The zero-order chi connectivity index (χ0) is 40.0. The molecule has 2 rings (SSSR count). The van der Waals surface area contributed by atoms with Crippen molar-refractivity contribution in [3.63, 3.8) is 0 Å². The molecule has 0 spiro atoms. The number of amides is 4. The molecule has 0 aromatic heterocycles. The van der Waals surface area contributed by atoms with Crippen LogP contribution < -0.4 is 32.7 Å². The van der Waals surface area contributed by atoms with Crippen LogP contribution in [0.2, 0.25) is 0 Å². The van der Waals surface area contributed by atoms with Crippen molar-refractivity contribution in [2.24, 2.45) is 22.4 Å². The monoisotopic (exact) mass is 753 g/mol. The molecule has 53 heavy (non-hydrogen) atoms. The minimum atomic E-state index is -5.08. The van der Waals surface area contributed by atoms with Gasteiger partial charge in [-0.25, -0.2) is 9.59 Å². The number of carboxylic acids is 1. The fourth-order valence-electron chi connectivity index (χ4n) is 4.58. The number of aliphatic hydroxyl groups excluding tert-OH is 1. The third kappa shape index (κ3) is 20.9. The summed E-state index contributed by atoms with van der Waals surface area (Å²) >= 11 is 0.